The summed E-state index contributed by atoms with van der Waals surface area (Å²) < 4.78 is 0. The molecule has 0 bridgehead atoms. The number of nitrogens with one attached hydrogen (secondary N) is 2. The lowest BCUT2D eigenvalue weighted by atomic mass is 10.2. The first-order valence-corrected chi connectivity index (χ1v) is 9.72. The molecule has 0 fully saturated rings. The van der Waals surface area contributed by atoms with Crippen molar-refractivity contribution in [3.05, 3.63) is 53.1 Å². The van der Waals surface area contributed by atoms with Crippen molar-refractivity contribution >= 4 is 46.4 Å². The maximum Gasteiger partial charge on any atom is 0.244 e. The monoisotopic (exact) mass is 414 g/mol. The standard InChI is InChI=1S/C21H23ClN4O3/c1-3-25(11-19(27)24-17-10-15(22)9-8-14(17)2)13-21(29)26-12-20(28)23-16-6-4-5-7-18(16)26/h4-10H,3,11-13H2,1-2H3,(H,23,28)(H,24,27). The van der Waals surface area contributed by atoms with Crippen LogP contribution in [0, 0.1) is 6.92 Å². The molecule has 1 aliphatic heterocycles. The summed E-state index contributed by atoms with van der Waals surface area (Å²) in [5.41, 5.74) is 2.81. The molecule has 1 aliphatic rings. The Labute approximate surface area is 174 Å². The second kappa shape index (κ2) is 9.07. The van der Waals surface area contributed by atoms with Crippen molar-refractivity contribution in [2.45, 2.75) is 13.8 Å². The third-order valence-electron chi connectivity index (χ3n) is 4.72. The number of nitrogens with zero attached hydrogens (tertiary/aromatic N) is 2. The molecule has 0 radical (unpaired) electrons. The minimum Gasteiger partial charge on any atom is -0.325 e. The number of hydrogen-bond donors (Lipinski definition) is 2. The van der Waals surface area contributed by atoms with Gasteiger partial charge in [0.2, 0.25) is 17.7 Å². The second-order valence-electron chi connectivity index (χ2n) is 6.86. The van der Waals surface area contributed by atoms with Gasteiger partial charge in [0.1, 0.15) is 6.54 Å². The number of rotatable bonds is 6. The lowest BCUT2D eigenvalue weighted by Crippen LogP contribution is -2.47. The van der Waals surface area contributed by atoms with Crippen LogP contribution in [-0.2, 0) is 14.4 Å². The van der Waals surface area contributed by atoms with Crippen LogP contribution in [0.1, 0.15) is 12.5 Å². The van der Waals surface area contributed by atoms with E-state index in [-0.39, 0.29) is 37.4 Å². The number of likely N-dealkylation sites (N-methyl/N-ethyl adjacent to an activating group) is 1. The Hall–Kier alpha value is -2.90. The van der Waals surface area contributed by atoms with Gasteiger partial charge in [-0.25, -0.2) is 0 Å². The Morgan fingerprint density at radius 3 is 2.72 bits per heavy atom. The zero-order chi connectivity index (χ0) is 21.0. The Bertz CT molecular complexity index is 947. The van der Waals surface area contributed by atoms with E-state index >= 15 is 0 Å². The molecule has 2 N–H and O–H groups in total. The number of anilines is 3. The Morgan fingerprint density at radius 1 is 1.21 bits per heavy atom. The van der Waals surface area contributed by atoms with Gasteiger partial charge in [-0.2, -0.15) is 0 Å². The Kier molecular flexibility index (Phi) is 6.51. The van der Waals surface area contributed by atoms with E-state index in [4.69, 9.17) is 11.6 Å². The molecule has 0 saturated heterocycles. The predicted octanol–water partition coefficient (Wildman–Crippen LogP) is 2.89. The third kappa shape index (κ3) is 5.13. The summed E-state index contributed by atoms with van der Waals surface area (Å²) in [7, 11) is 0. The van der Waals surface area contributed by atoms with E-state index in [1.54, 1.807) is 35.2 Å². The maximum absolute atomic E-state index is 12.9. The van der Waals surface area contributed by atoms with Crippen LogP contribution in [0.2, 0.25) is 5.02 Å². The number of halogens is 1. The maximum atomic E-state index is 12.9. The van der Waals surface area contributed by atoms with Gasteiger partial charge in [-0.05, 0) is 43.3 Å². The van der Waals surface area contributed by atoms with Crippen LogP contribution < -0.4 is 15.5 Å². The summed E-state index contributed by atoms with van der Waals surface area (Å²) in [6.07, 6.45) is 0. The van der Waals surface area contributed by atoms with Crippen molar-refractivity contribution < 1.29 is 14.4 Å². The highest BCUT2D eigenvalue weighted by atomic mass is 35.5. The number of carbonyl (C=O) groups is 3. The molecule has 0 spiro atoms. The van der Waals surface area contributed by atoms with Gasteiger partial charge in [-0.1, -0.05) is 36.7 Å². The first-order chi connectivity index (χ1) is 13.9. The van der Waals surface area contributed by atoms with Gasteiger partial charge >= 0.3 is 0 Å². The van der Waals surface area contributed by atoms with Gasteiger partial charge in [-0.15, -0.1) is 0 Å². The zero-order valence-electron chi connectivity index (χ0n) is 16.4. The van der Waals surface area contributed by atoms with Crippen LogP contribution in [0.4, 0.5) is 17.1 Å². The summed E-state index contributed by atoms with van der Waals surface area (Å²) in [5, 5.41) is 6.13. The minimum atomic E-state index is -0.241. The number of carbonyl (C=O) groups excluding carboxylic acids is 3. The number of hydrogen-bond acceptors (Lipinski definition) is 4. The molecule has 3 amide bonds. The molecule has 0 saturated carbocycles. The Morgan fingerprint density at radius 2 is 1.97 bits per heavy atom. The minimum absolute atomic E-state index is 0.0278. The molecule has 0 aliphatic carbocycles. The first-order valence-electron chi connectivity index (χ1n) is 9.35. The summed E-state index contributed by atoms with van der Waals surface area (Å²) in [6, 6.07) is 12.4. The van der Waals surface area contributed by atoms with E-state index in [9.17, 15) is 14.4 Å². The summed E-state index contributed by atoms with van der Waals surface area (Å²) in [6.45, 7) is 4.31. The van der Waals surface area contributed by atoms with Crippen molar-refractivity contribution in [3.8, 4) is 0 Å². The summed E-state index contributed by atoms with van der Waals surface area (Å²) in [5.74, 6) is -0.711. The lowest BCUT2D eigenvalue weighted by Gasteiger charge is -2.31. The van der Waals surface area contributed by atoms with Gasteiger partial charge < -0.3 is 10.6 Å². The van der Waals surface area contributed by atoms with Gasteiger partial charge in [0.15, 0.2) is 0 Å². The zero-order valence-corrected chi connectivity index (χ0v) is 17.1. The molecule has 1 heterocycles. The van der Waals surface area contributed by atoms with Gasteiger partial charge in [0, 0.05) is 10.7 Å². The molecule has 7 nitrogen and oxygen atoms in total. The molecule has 8 heteroatoms. The van der Waals surface area contributed by atoms with Crippen LogP contribution in [0.5, 0.6) is 0 Å². The van der Waals surface area contributed by atoms with Crippen LogP contribution in [0.25, 0.3) is 0 Å². The topological polar surface area (TPSA) is 81.8 Å². The highest BCUT2D eigenvalue weighted by molar-refractivity contribution is 6.31. The first kappa shape index (κ1) is 20.8. The molecule has 2 aromatic rings. The molecule has 29 heavy (non-hydrogen) atoms. The largest absolute Gasteiger partial charge is 0.325 e. The number of aryl methyl sites for hydroxylation is 1. The van der Waals surface area contributed by atoms with Gasteiger partial charge in [-0.3, -0.25) is 24.2 Å². The molecule has 0 unspecified atom stereocenters. The predicted molar refractivity (Wildman–Crippen MR) is 114 cm³/mol. The fourth-order valence-corrected chi connectivity index (χ4v) is 3.31. The van der Waals surface area contributed by atoms with Crippen LogP contribution in [0.3, 0.4) is 0 Å². The number of para-hydroxylation sites is 2. The van der Waals surface area contributed by atoms with Crippen LogP contribution >= 0.6 is 11.6 Å². The summed E-state index contributed by atoms with van der Waals surface area (Å²) >= 11 is 6.00. The van der Waals surface area contributed by atoms with E-state index in [0.717, 1.165) is 5.56 Å². The smallest absolute Gasteiger partial charge is 0.244 e. The third-order valence-corrected chi connectivity index (χ3v) is 4.95. The fraction of sp³-hybridized carbons (Fsp3) is 0.286. The van der Waals surface area contributed by atoms with E-state index in [1.165, 1.54) is 4.90 Å². The average Bonchev–Trinajstić information content (AvgIpc) is 2.69. The molecule has 0 aromatic heterocycles. The molecule has 0 atom stereocenters. The molecule has 2 aromatic carbocycles. The molecular weight excluding hydrogens is 392 g/mol. The normalized spacial score (nSPS) is 13.1. The van der Waals surface area contributed by atoms with Crippen molar-refractivity contribution in [1.29, 1.82) is 0 Å². The van der Waals surface area contributed by atoms with Gasteiger partial charge in [0.05, 0.1) is 24.5 Å². The Balaban J connectivity index is 1.65. The van der Waals surface area contributed by atoms with E-state index < -0.39 is 0 Å². The SMILES string of the molecule is CCN(CC(=O)Nc1cc(Cl)ccc1C)CC(=O)N1CC(=O)Nc2ccccc21. The second-order valence-corrected chi connectivity index (χ2v) is 7.29. The fourth-order valence-electron chi connectivity index (χ4n) is 3.13. The van der Waals surface area contributed by atoms with Crippen molar-refractivity contribution in [3.63, 3.8) is 0 Å². The van der Waals surface area contributed by atoms with E-state index in [0.29, 0.717) is 28.6 Å². The molecule has 152 valence electrons. The van der Waals surface area contributed by atoms with E-state index in [1.807, 2.05) is 26.0 Å². The number of amides is 3. The lowest BCUT2D eigenvalue weighted by molar-refractivity contribution is -0.123. The highest BCUT2D eigenvalue weighted by Crippen LogP contribution is 2.29. The average molecular weight is 415 g/mol. The van der Waals surface area contributed by atoms with Crippen molar-refractivity contribution in [1.82, 2.24) is 4.90 Å². The van der Waals surface area contributed by atoms with Crippen LogP contribution in [-0.4, -0.2) is 48.8 Å². The van der Waals surface area contributed by atoms with Crippen molar-refractivity contribution in [2.24, 2.45) is 0 Å². The molecule has 3 rings (SSSR count). The van der Waals surface area contributed by atoms with Gasteiger partial charge in [0.25, 0.3) is 0 Å². The quantitative estimate of drug-likeness (QED) is 0.761. The van der Waals surface area contributed by atoms with Crippen LogP contribution in [0.15, 0.2) is 42.5 Å². The number of fused-ring (bicyclic) bond motifs is 1. The summed E-state index contributed by atoms with van der Waals surface area (Å²) in [4.78, 5) is 40.5. The number of benzene rings is 2. The van der Waals surface area contributed by atoms with Crippen molar-refractivity contribution in [2.75, 3.05) is 41.7 Å². The molecular formula is C21H23ClN4O3. The van der Waals surface area contributed by atoms with E-state index in [2.05, 4.69) is 10.6 Å². The highest BCUT2D eigenvalue weighted by Gasteiger charge is 2.27.